The second-order valence-electron chi connectivity index (χ2n) is 2.98. The van der Waals surface area contributed by atoms with Crippen molar-refractivity contribution in [3.63, 3.8) is 0 Å². The standard InChI is InChI=1S/C9H17N3/c1-3-5-6-12-9(4-2)8(10)7-11-12/h7H,3-6,10H2,1-2H3. The molecule has 0 spiro atoms. The van der Waals surface area contributed by atoms with Gasteiger partial charge in [0.15, 0.2) is 0 Å². The highest BCUT2D eigenvalue weighted by Crippen LogP contribution is 2.11. The van der Waals surface area contributed by atoms with Gasteiger partial charge >= 0.3 is 0 Å². The van der Waals surface area contributed by atoms with Gasteiger partial charge < -0.3 is 5.73 Å². The van der Waals surface area contributed by atoms with Crippen LogP contribution >= 0.6 is 0 Å². The largest absolute Gasteiger partial charge is 0.396 e. The van der Waals surface area contributed by atoms with Gasteiger partial charge in [0.05, 0.1) is 17.6 Å². The quantitative estimate of drug-likeness (QED) is 0.743. The Morgan fingerprint density at radius 1 is 1.50 bits per heavy atom. The summed E-state index contributed by atoms with van der Waals surface area (Å²) in [5.41, 5.74) is 7.74. The highest BCUT2D eigenvalue weighted by atomic mass is 15.3. The number of unbranched alkanes of at least 4 members (excludes halogenated alkanes) is 1. The number of hydrogen-bond acceptors (Lipinski definition) is 2. The van der Waals surface area contributed by atoms with Crippen LogP contribution in [0.1, 0.15) is 32.4 Å². The first-order chi connectivity index (χ1) is 5.79. The van der Waals surface area contributed by atoms with Crippen LogP contribution in [-0.4, -0.2) is 9.78 Å². The molecule has 68 valence electrons. The van der Waals surface area contributed by atoms with E-state index in [4.69, 9.17) is 5.73 Å². The van der Waals surface area contributed by atoms with Crippen molar-refractivity contribution in [2.24, 2.45) is 0 Å². The number of nitrogen functional groups attached to an aromatic ring is 1. The first kappa shape index (κ1) is 9.10. The van der Waals surface area contributed by atoms with Crippen molar-refractivity contribution in [1.29, 1.82) is 0 Å². The van der Waals surface area contributed by atoms with Crippen LogP contribution < -0.4 is 5.73 Å². The minimum atomic E-state index is 0.827. The fourth-order valence-electron chi connectivity index (χ4n) is 1.31. The summed E-state index contributed by atoms with van der Waals surface area (Å²) in [6.45, 7) is 5.28. The maximum atomic E-state index is 5.74. The van der Waals surface area contributed by atoms with Gasteiger partial charge in [-0.25, -0.2) is 0 Å². The molecule has 0 saturated heterocycles. The maximum absolute atomic E-state index is 5.74. The molecule has 1 rings (SSSR count). The van der Waals surface area contributed by atoms with Crippen LogP contribution in [-0.2, 0) is 13.0 Å². The Bertz CT molecular complexity index is 240. The maximum Gasteiger partial charge on any atom is 0.0732 e. The molecule has 0 bridgehead atoms. The van der Waals surface area contributed by atoms with Gasteiger partial charge in [0, 0.05) is 6.54 Å². The zero-order chi connectivity index (χ0) is 8.97. The number of hydrogen-bond donors (Lipinski definition) is 1. The van der Waals surface area contributed by atoms with Gasteiger partial charge in [0.25, 0.3) is 0 Å². The third-order valence-electron chi connectivity index (χ3n) is 2.04. The number of aryl methyl sites for hydroxylation is 1. The zero-order valence-corrected chi connectivity index (χ0v) is 7.88. The third kappa shape index (κ3) is 1.78. The number of rotatable bonds is 4. The summed E-state index contributed by atoms with van der Waals surface area (Å²) in [5, 5.41) is 4.22. The highest BCUT2D eigenvalue weighted by Gasteiger charge is 2.04. The molecule has 2 N–H and O–H groups in total. The van der Waals surface area contributed by atoms with Gasteiger partial charge in [-0.15, -0.1) is 0 Å². The number of anilines is 1. The van der Waals surface area contributed by atoms with E-state index in [0.717, 1.165) is 18.7 Å². The average molecular weight is 167 g/mol. The summed E-state index contributed by atoms with van der Waals surface area (Å²) < 4.78 is 2.01. The Balaban J connectivity index is 2.70. The lowest BCUT2D eigenvalue weighted by Crippen LogP contribution is -2.05. The van der Waals surface area contributed by atoms with E-state index < -0.39 is 0 Å². The van der Waals surface area contributed by atoms with Crippen molar-refractivity contribution in [1.82, 2.24) is 9.78 Å². The van der Waals surface area contributed by atoms with Crippen LogP contribution in [0.15, 0.2) is 6.20 Å². The van der Waals surface area contributed by atoms with Crippen molar-refractivity contribution in [3.8, 4) is 0 Å². The molecule has 0 amide bonds. The Labute approximate surface area is 73.6 Å². The van der Waals surface area contributed by atoms with Crippen LogP contribution in [0.4, 0.5) is 5.69 Å². The summed E-state index contributed by atoms with van der Waals surface area (Å²) in [6, 6.07) is 0. The molecule has 12 heavy (non-hydrogen) atoms. The first-order valence-corrected chi connectivity index (χ1v) is 4.59. The Kier molecular flexibility index (Phi) is 3.14. The molecule has 0 saturated carbocycles. The molecule has 1 heterocycles. The third-order valence-corrected chi connectivity index (χ3v) is 2.04. The molecule has 3 nitrogen and oxygen atoms in total. The molecule has 1 aromatic heterocycles. The van der Waals surface area contributed by atoms with Crippen molar-refractivity contribution >= 4 is 5.69 Å². The fraction of sp³-hybridized carbons (Fsp3) is 0.667. The molecule has 0 radical (unpaired) electrons. The van der Waals surface area contributed by atoms with E-state index in [1.807, 2.05) is 4.68 Å². The van der Waals surface area contributed by atoms with Gasteiger partial charge in [0.2, 0.25) is 0 Å². The molecule has 0 fully saturated rings. The Hall–Kier alpha value is -0.990. The highest BCUT2D eigenvalue weighted by molar-refractivity contribution is 5.40. The van der Waals surface area contributed by atoms with Crippen LogP contribution in [0, 0.1) is 0 Å². The lowest BCUT2D eigenvalue weighted by molar-refractivity contribution is 0.551. The number of aromatic nitrogens is 2. The monoisotopic (exact) mass is 167 g/mol. The molecular weight excluding hydrogens is 150 g/mol. The van der Waals surface area contributed by atoms with Crippen molar-refractivity contribution in [2.75, 3.05) is 5.73 Å². The summed E-state index contributed by atoms with van der Waals surface area (Å²) in [7, 11) is 0. The van der Waals surface area contributed by atoms with Crippen molar-refractivity contribution in [2.45, 2.75) is 39.7 Å². The Morgan fingerprint density at radius 2 is 2.25 bits per heavy atom. The molecule has 3 heteroatoms. The fourth-order valence-corrected chi connectivity index (χ4v) is 1.31. The molecule has 0 atom stereocenters. The topological polar surface area (TPSA) is 43.8 Å². The lowest BCUT2D eigenvalue weighted by Gasteiger charge is -2.04. The van der Waals surface area contributed by atoms with E-state index in [0.29, 0.717) is 0 Å². The molecular formula is C9H17N3. The molecule has 0 aliphatic heterocycles. The van der Waals surface area contributed by atoms with Crippen LogP contribution in [0.25, 0.3) is 0 Å². The van der Waals surface area contributed by atoms with Crippen molar-refractivity contribution in [3.05, 3.63) is 11.9 Å². The number of nitrogens with two attached hydrogens (primary N) is 1. The van der Waals surface area contributed by atoms with Gasteiger partial charge in [-0.3, -0.25) is 4.68 Å². The van der Waals surface area contributed by atoms with E-state index in [1.54, 1.807) is 6.20 Å². The van der Waals surface area contributed by atoms with E-state index in [2.05, 4.69) is 18.9 Å². The molecule has 0 aromatic carbocycles. The average Bonchev–Trinajstić information content (AvgIpc) is 2.43. The minimum absolute atomic E-state index is 0.827. The van der Waals surface area contributed by atoms with Gasteiger partial charge in [0.1, 0.15) is 0 Å². The van der Waals surface area contributed by atoms with E-state index in [9.17, 15) is 0 Å². The lowest BCUT2D eigenvalue weighted by atomic mass is 10.3. The van der Waals surface area contributed by atoms with E-state index in [-0.39, 0.29) is 0 Å². The van der Waals surface area contributed by atoms with Crippen LogP contribution in [0.3, 0.4) is 0 Å². The predicted octanol–water partition coefficient (Wildman–Crippen LogP) is 1.83. The molecule has 0 aliphatic rings. The molecule has 0 unspecified atom stereocenters. The molecule has 1 aromatic rings. The number of nitrogens with zero attached hydrogens (tertiary/aromatic N) is 2. The van der Waals surface area contributed by atoms with E-state index in [1.165, 1.54) is 18.5 Å². The summed E-state index contributed by atoms with van der Waals surface area (Å²) >= 11 is 0. The summed E-state index contributed by atoms with van der Waals surface area (Å²) in [6.07, 6.45) is 5.08. The summed E-state index contributed by atoms with van der Waals surface area (Å²) in [5.74, 6) is 0. The molecule has 0 aliphatic carbocycles. The smallest absolute Gasteiger partial charge is 0.0732 e. The summed E-state index contributed by atoms with van der Waals surface area (Å²) in [4.78, 5) is 0. The SMILES string of the molecule is CCCCn1ncc(N)c1CC. The van der Waals surface area contributed by atoms with Crippen LogP contribution in [0.2, 0.25) is 0 Å². The second kappa shape index (κ2) is 4.14. The normalized spacial score (nSPS) is 10.5. The van der Waals surface area contributed by atoms with E-state index >= 15 is 0 Å². The zero-order valence-electron chi connectivity index (χ0n) is 7.88. The van der Waals surface area contributed by atoms with Gasteiger partial charge in [-0.05, 0) is 12.8 Å². The van der Waals surface area contributed by atoms with Gasteiger partial charge in [-0.1, -0.05) is 20.3 Å². The Morgan fingerprint density at radius 3 is 2.83 bits per heavy atom. The predicted molar refractivity (Wildman–Crippen MR) is 50.9 cm³/mol. The second-order valence-corrected chi connectivity index (χ2v) is 2.98. The van der Waals surface area contributed by atoms with Crippen molar-refractivity contribution < 1.29 is 0 Å². The minimum Gasteiger partial charge on any atom is -0.396 e. The van der Waals surface area contributed by atoms with Gasteiger partial charge in [-0.2, -0.15) is 5.10 Å². The first-order valence-electron chi connectivity index (χ1n) is 4.59. The van der Waals surface area contributed by atoms with Crippen LogP contribution in [0.5, 0.6) is 0 Å².